The molecule has 0 fully saturated rings. The molecule has 2 rings (SSSR count). The zero-order chi connectivity index (χ0) is 17.0. The first kappa shape index (κ1) is 16.4. The summed E-state index contributed by atoms with van der Waals surface area (Å²) in [7, 11) is 1.53. The Morgan fingerprint density at radius 3 is 2.43 bits per heavy atom. The summed E-state index contributed by atoms with van der Waals surface area (Å²) in [5.41, 5.74) is 0.930. The first-order valence-corrected chi connectivity index (χ1v) is 6.89. The van der Waals surface area contributed by atoms with E-state index < -0.39 is 16.8 Å². The van der Waals surface area contributed by atoms with Crippen molar-refractivity contribution in [1.82, 2.24) is 4.98 Å². The molecule has 0 saturated heterocycles. The van der Waals surface area contributed by atoms with Crippen molar-refractivity contribution in [2.24, 2.45) is 0 Å². The number of ether oxygens (including phenoxy) is 2. The molecule has 0 aliphatic carbocycles. The summed E-state index contributed by atoms with van der Waals surface area (Å²) in [5.74, 6) is -0.0923. The standard InChI is InChI=1S/C16H16N2O5/c1-10-4-9-14(16(17-10)18(20)21)23-11(2)15(19)12-5-7-13(22-3)8-6-12/h4-9,11H,1-3H3/t11-/m0/s1. The summed E-state index contributed by atoms with van der Waals surface area (Å²) in [6, 6.07) is 9.59. The van der Waals surface area contributed by atoms with Crippen LogP contribution in [-0.2, 0) is 0 Å². The van der Waals surface area contributed by atoms with Crippen LogP contribution in [0.2, 0.25) is 0 Å². The van der Waals surface area contributed by atoms with E-state index in [9.17, 15) is 14.9 Å². The molecule has 0 radical (unpaired) electrons. The van der Waals surface area contributed by atoms with Crippen LogP contribution in [0.3, 0.4) is 0 Å². The van der Waals surface area contributed by atoms with Crippen LogP contribution in [0.5, 0.6) is 11.5 Å². The number of aromatic nitrogens is 1. The Morgan fingerprint density at radius 1 is 1.22 bits per heavy atom. The molecule has 7 heteroatoms. The van der Waals surface area contributed by atoms with Crippen LogP contribution in [0, 0.1) is 17.0 Å². The Kier molecular flexibility index (Phi) is 4.90. The van der Waals surface area contributed by atoms with Crippen LogP contribution >= 0.6 is 0 Å². The average molecular weight is 316 g/mol. The number of carbonyl (C=O) groups excluding carboxylic acids is 1. The largest absolute Gasteiger partial charge is 0.497 e. The van der Waals surface area contributed by atoms with E-state index in [-0.39, 0.29) is 11.5 Å². The molecule has 2 aromatic rings. The highest BCUT2D eigenvalue weighted by atomic mass is 16.6. The van der Waals surface area contributed by atoms with Crippen LogP contribution < -0.4 is 9.47 Å². The van der Waals surface area contributed by atoms with Gasteiger partial charge in [-0.25, -0.2) is 0 Å². The second-order valence-corrected chi connectivity index (χ2v) is 4.88. The Morgan fingerprint density at radius 2 is 1.87 bits per heavy atom. The molecule has 0 N–H and O–H groups in total. The molecule has 1 aromatic carbocycles. The van der Waals surface area contributed by atoms with Crippen LogP contribution in [0.25, 0.3) is 0 Å². The first-order valence-electron chi connectivity index (χ1n) is 6.89. The molecule has 0 unspecified atom stereocenters. The lowest BCUT2D eigenvalue weighted by Gasteiger charge is -2.13. The van der Waals surface area contributed by atoms with Gasteiger partial charge in [-0.05, 0) is 53.2 Å². The number of rotatable bonds is 6. The van der Waals surface area contributed by atoms with Gasteiger partial charge in [0, 0.05) is 12.5 Å². The third-order valence-electron chi connectivity index (χ3n) is 3.20. The number of Topliss-reactive ketones (excluding diaryl/α,β-unsaturated/α-hetero) is 1. The van der Waals surface area contributed by atoms with Gasteiger partial charge in [0.05, 0.1) is 7.11 Å². The maximum absolute atomic E-state index is 12.3. The molecule has 0 aliphatic rings. The molecule has 120 valence electrons. The lowest BCUT2D eigenvalue weighted by molar-refractivity contribution is -0.390. The second kappa shape index (κ2) is 6.87. The monoisotopic (exact) mass is 316 g/mol. The van der Waals surface area contributed by atoms with Gasteiger partial charge in [0.1, 0.15) is 11.4 Å². The maximum Gasteiger partial charge on any atom is 0.406 e. The van der Waals surface area contributed by atoms with E-state index in [0.29, 0.717) is 17.0 Å². The van der Waals surface area contributed by atoms with Crippen molar-refractivity contribution in [3.8, 4) is 11.5 Å². The van der Waals surface area contributed by atoms with E-state index in [4.69, 9.17) is 9.47 Å². The summed E-state index contributed by atoms with van der Waals surface area (Å²) in [6.07, 6.45) is -0.883. The predicted molar refractivity (Wildman–Crippen MR) is 83.0 cm³/mol. The lowest BCUT2D eigenvalue weighted by atomic mass is 10.1. The van der Waals surface area contributed by atoms with Gasteiger partial charge in [-0.1, -0.05) is 0 Å². The van der Waals surface area contributed by atoms with Crippen molar-refractivity contribution < 1.29 is 19.2 Å². The third kappa shape index (κ3) is 3.82. The quantitative estimate of drug-likeness (QED) is 0.462. The Hall–Kier alpha value is -2.96. The molecule has 0 aliphatic heterocycles. The van der Waals surface area contributed by atoms with E-state index in [0.717, 1.165) is 0 Å². The van der Waals surface area contributed by atoms with Gasteiger partial charge in [0.15, 0.2) is 6.10 Å². The highest BCUT2D eigenvalue weighted by Crippen LogP contribution is 2.26. The molecule has 23 heavy (non-hydrogen) atoms. The van der Waals surface area contributed by atoms with Gasteiger partial charge in [-0.15, -0.1) is 0 Å². The molecule has 1 heterocycles. The summed E-state index contributed by atoms with van der Waals surface area (Å²) in [5, 5.41) is 11.0. The number of carbonyl (C=O) groups is 1. The molecular weight excluding hydrogens is 300 g/mol. The number of methoxy groups -OCH3 is 1. The third-order valence-corrected chi connectivity index (χ3v) is 3.20. The average Bonchev–Trinajstić information content (AvgIpc) is 2.55. The first-order chi connectivity index (χ1) is 10.9. The molecule has 0 amide bonds. The van der Waals surface area contributed by atoms with Crippen molar-refractivity contribution in [1.29, 1.82) is 0 Å². The molecule has 0 spiro atoms. The van der Waals surface area contributed by atoms with Gasteiger partial charge in [0.2, 0.25) is 11.5 Å². The van der Waals surface area contributed by atoms with Gasteiger partial charge >= 0.3 is 5.82 Å². The van der Waals surface area contributed by atoms with Crippen LogP contribution in [-0.4, -0.2) is 28.9 Å². The minimum absolute atomic E-state index is 0.0324. The Labute approximate surface area is 133 Å². The van der Waals surface area contributed by atoms with Crippen molar-refractivity contribution in [3.63, 3.8) is 0 Å². The van der Waals surface area contributed by atoms with Crippen molar-refractivity contribution in [2.75, 3.05) is 7.11 Å². The van der Waals surface area contributed by atoms with Crippen LogP contribution in [0.15, 0.2) is 36.4 Å². The fourth-order valence-corrected chi connectivity index (χ4v) is 1.99. The van der Waals surface area contributed by atoms with E-state index in [1.165, 1.54) is 20.1 Å². The zero-order valence-corrected chi connectivity index (χ0v) is 13.0. The summed E-state index contributed by atoms with van der Waals surface area (Å²) in [4.78, 5) is 26.6. The SMILES string of the molecule is COc1ccc(C(=O)[C@H](C)Oc2ccc(C)nc2[N+](=O)[O-])cc1. The van der Waals surface area contributed by atoms with E-state index in [1.807, 2.05) is 0 Å². The van der Waals surface area contributed by atoms with Gasteiger partial charge in [-0.3, -0.25) is 4.79 Å². The number of nitro groups is 1. The lowest BCUT2D eigenvalue weighted by Crippen LogP contribution is -2.24. The smallest absolute Gasteiger partial charge is 0.406 e. The Balaban J connectivity index is 2.19. The predicted octanol–water partition coefficient (Wildman–Crippen LogP) is 2.96. The molecule has 1 atom stereocenters. The number of pyridine rings is 1. The number of hydrogen-bond acceptors (Lipinski definition) is 6. The molecule has 1 aromatic heterocycles. The normalized spacial score (nSPS) is 11.6. The fourth-order valence-electron chi connectivity index (χ4n) is 1.99. The number of hydrogen-bond donors (Lipinski definition) is 0. The summed E-state index contributed by atoms with van der Waals surface area (Å²) >= 11 is 0. The number of nitrogens with zero attached hydrogens (tertiary/aromatic N) is 2. The maximum atomic E-state index is 12.3. The highest BCUT2D eigenvalue weighted by molar-refractivity contribution is 5.99. The highest BCUT2D eigenvalue weighted by Gasteiger charge is 2.23. The van der Waals surface area contributed by atoms with Crippen molar-refractivity contribution >= 4 is 11.6 Å². The topological polar surface area (TPSA) is 91.6 Å². The van der Waals surface area contributed by atoms with Gasteiger partial charge in [0.25, 0.3) is 0 Å². The van der Waals surface area contributed by atoms with Crippen molar-refractivity contribution in [2.45, 2.75) is 20.0 Å². The van der Waals surface area contributed by atoms with E-state index in [1.54, 1.807) is 37.3 Å². The summed E-state index contributed by atoms with van der Waals surface area (Å²) < 4.78 is 10.5. The molecular formula is C16H16N2O5. The second-order valence-electron chi connectivity index (χ2n) is 4.88. The van der Waals surface area contributed by atoms with Crippen LogP contribution in [0.4, 0.5) is 5.82 Å². The number of ketones is 1. The minimum Gasteiger partial charge on any atom is -0.497 e. The number of benzene rings is 1. The van der Waals surface area contributed by atoms with Gasteiger partial charge in [-0.2, -0.15) is 0 Å². The Bertz CT molecular complexity index is 728. The molecule has 0 bridgehead atoms. The van der Waals surface area contributed by atoms with E-state index >= 15 is 0 Å². The molecule has 7 nitrogen and oxygen atoms in total. The van der Waals surface area contributed by atoms with E-state index in [2.05, 4.69) is 4.98 Å². The van der Waals surface area contributed by atoms with Crippen molar-refractivity contribution in [3.05, 3.63) is 57.8 Å². The van der Waals surface area contributed by atoms with Crippen LogP contribution in [0.1, 0.15) is 23.0 Å². The summed E-state index contributed by atoms with van der Waals surface area (Å²) in [6.45, 7) is 3.18. The minimum atomic E-state index is -0.883. The molecule has 0 saturated carbocycles. The van der Waals surface area contributed by atoms with Gasteiger partial charge < -0.3 is 19.6 Å². The number of aryl methyl sites for hydroxylation is 1. The fraction of sp³-hybridized carbons (Fsp3) is 0.250. The zero-order valence-electron chi connectivity index (χ0n) is 13.0.